The summed E-state index contributed by atoms with van der Waals surface area (Å²) in [6.45, 7) is 2.42. The van der Waals surface area contributed by atoms with E-state index < -0.39 is 83.4 Å². The standard InChI is InChI=1S/C31H35N7O11/c1-16(28(44)37-25(14-27(42)43)30(46)35-19-7-9-20(10-8-19)38(48)49)33-29(45)23(11-12-26(40)41)36-31(47)24(34-17(2)39)13-18-15-32-22-6-4-3-5-21(18)22/h3-10,15-16,23-25,32H,11-14H2,1-2H3,(H,33,45)(H,34,39)(H,35,46)(H,36,47)(H,37,44)(H,40,41)(H,42,43)/t16-,23-,24-,25-/m0/s1. The van der Waals surface area contributed by atoms with E-state index in [-0.39, 0.29) is 24.2 Å². The molecule has 5 amide bonds. The molecule has 260 valence electrons. The molecule has 18 nitrogen and oxygen atoms in total. The smallest absolute Gasteiger partial charge is 0.305 e. The first kappa shape index (κ1) is 37.1. The molecule has 8 N–H and O–H groups in total. The van der Waals surface area contributed by atoms with Crippen molar-refractivity contribution in [1.82, 2.24) is 26.3 Å². The van der Waals surface area contributed by atoms with Crippen molar-refractivity contribution in [1.29, 1.82) is 0 Å². The number of amides is 5. The number of para-hydroxylation sites is 1. The fourth-order valence-corrected chi connectivity index (χ4v) is 4.74. The fourth-order valence-electron chi connectivity index (χ4n) is 4.74. The van der Waals surface area contributed by atoms with Crippen molar-refractivity contribution < 1.29 is 48.7 Å². The third-order valence-electron chi connectivity index (χ3n) is 7.18. The fraction of sp³-hybridized carbons (Fsp3) is 0.323. The summed E-state index contributed by atoms with van der Waals surface area (Å²) in [6.07, 6.45) is -0.0977. The van der Waals surface area contributed by atoms with Gasteiger partial charge in [-0.1, -0.05) is 18.2 Å². The second-order valence-electron chi connectivity index (χ2n) is 11.0. The van der Waals surface area contributed by atoms with Gasteiger partial charge < -0.3 is 41.8 Å². The normalized spacial score (nSPS) is 13.2. The molecule has 1 aromatic heterocycles. The highest BCUT2D eigenvalue weighted by molar-refractivity contribution is 6.00. The van der Waals surface area contributed by atoms with Crippen LogP contribution in [-0.4, -0.2) is 85.8 Å². The zero-order valence-corrected chi connectivity index (χ0v) is 26.3. The molecule has 0 radical (unpaired) electrons. The van der Waals surface area contributed by atoms with Crippen LogP contribution in [0.25, 0.3) is 10.9 Å². The highest BCUT2D eigenvalue weighted by atomic mass is 16.6. The lowest BCUT2D eigenvalue weighted by Gasteiger charge is -2.24. The van der Waals surface area contributed by atoms with E-state index in [1.165, 1.54) is 26.0 Å². The van der Waals surface area contributed by atoms with E-state index in [1.54, 1.807) is 12.3 Å². The molecule has 49 heavy (non-hydrogen) atoms. The predicted molar refractivity (Wildman–Crippen MR) is 172 cm³/mol. The van der Waals surface area contributed by atoms with Gasteiger partial charge in [-0.15, -0.1) is 0 Å². The van der Waals surface area contributed by atoms with Gasteiger partial charge in [0.2, 0.25) is 29.5 Å². The average molecular weight is 682 g/mol. The van der Waals surface area contributed by atoms with Crippen LogP contribution in [0.1, 0.15) is 38.7 Å². The molecule has 2 aromatic carbocycles. The summed E-state index contributed by atoms with van der Waals surface area (Å²) in [6, 6.07) is 6.22. The average Bonchev–Trinajstić information content (AvgIpc) is 3.44. The number of rotatable bonds is 17. The van der Waals surface area contributed by atoms with Gasteiger partial charge in [0.25, 0.3) is 5.69 Å². The van der Waals surface area contributed by atoms with E-state index >= 15 is 0 Å². The van der Waals surface area contributed by atoms with Gasteiger partial charge in [0, 0.05) is 54.7 Å². The summed E-state index contributed by atoms with van der Waals surface area (Å²) in [4.78, 5) is 100. The Labute approximate surface area is 278 Å². The molecular formula is C31H35N7O11. The summed E-state index contributed by atoms with van der Waals surface area (Å²) in [7, 11) is 0. The number of non-ortho nitro benzene ring substituents is 1. The molecule has 0 spiro atoms. The molecule has 3 rings (SSSR count). The molecule has 3 aromatic rings. The minimum Gasteiger partial charge on any atom is -0.481 e. The van der Waals surface area contributed by atoms with Crippen molar-refractivity contribution in [2.24, 2.45) is 0 Å². The second-order valence-corrected chi connectivity index (χ2v) is 11.0. The number of carbonyl (C=O) groups excluding carboxylic acids is 5. The SMILES string of the molecule is CC(=O)N[C@@H](Cc1c[nH]c2ccccc12)C(=O)N[C@@H](CCC(=O)O)C(=O)N[C@@H](C)C(=O)N[C@@H](CC(=O)O)C(=O)Nc1ccc([N+](=O)[O-])cc1. The van der Waals surface area contributed by atoms with Crippen LogP contribution in [0.4, 0.5) is 11.4 Å². The lowest BCUT2D eigenvalue weighted by molar-refractivity contribution is -0.384. The summed E-state index contributed by atoms with van der Waals surface area (Å²) >= 11 is 0. The van der Waals surface area contributed by atoms with Gasteiger partial charge >= 0.3 is 11.9 Å². The van der Waals surface area contributed by atoms with Crippen LogP contribution in [0.15, 0.2) is 54.7 Å². The summed E-state index contributed by atoms with van der Waals surface area (Å²) in [5, 5.41) is 42.1. The van der Waals surface area contributed by atoms with Crippen molar-refractivity contribution in [2.45, 2.75) is 63.7 Å². The van der Waals surface area contributed by atoms with Gasteiger partial charge in [0.05, 0.1) is 11.3 Å². The lowest BCUT2D eigenvalue weighted by Crippen LogP contribution is -2.57. The number of anilines is 1. The maximum absolute atomic E-state index is 13.4. The molecule has 0 saturated heterocycles. The van der Waals surface area contributed by atoms with Gasteiger partial charge in [-0.25, -0.2) is 0 Å². The molecule has 1 heterocycles. The van der Waals surface area contributed by atoms with Gasteiger partial charge in [-0.05, 0) is 37.1 Å². The van der Waals surface area contributed by atoms with Crippen LogP contribution >= 0.6 is 0 Å². The monoisotopic (exact) mass is 681 g/mol. The molecule has 0 bridgehead atoms. The lowest BCUT2D eigenvalue weighted by atomic mass is 10.0. The number of nitro benzene ring substituents is 1. The molecule has 18 heteroatoms. The maximum Gasteiger partial charge on any atom is 0.305 e. The number of fused-ring (bicyclic) bond motifs is 1. The Balaban J connectivity index is 1.71. The first-order valence-corrected chi connectivity index (χ1v) is 14.9. The number of aliphatic carboxylic acids is 2. The Bertz CT molecular complexity index is 1740. The molecule has 0 saturated carbocycles. The topological polar surface area (TPSA) is 279 Å². The third-order valence-corrected chi connectivity index (χ3v) is 7.18. The highest BCUT2D eigenvalue weighted by Gasteiger charge is 2.31. The summed E-state index contributed by atoms with van der Waals surface area (Å²) in [5.74, 6) is -6.97. The number of nitrogens with one attached hydrogen (secondary N) is 6. The zero-order valence-electron chi connectivity index (χ0n) is 26.3. The van der Waals surface area contributed by atoms with Crippen molar-refractivity contribution >= 4 is 63.8 Å². The Hall–Kier alpha value is -6.33. The number of nitro groups is 1. The van der Waals surface area contributed by atoms with Gasteiger partial charge in [-0.3, -0.25) is 43.7 Å². The van der Waals surface area contributed by atoms with Crippen LogP contribution in [0, 0.1) is 10.1 Å². The minimum atomic E-state index is -1.63. The molecule has 0 aliphatic heterocycles. The number of carboxylic acids is 2. The number of nitrogens with zero attached hydrogens (tertiary/aromatic N) is 1. The van der Waals surface area contributed by atoms with E-state index in [4.69, 9.17) is 0 Å². The van der Waals surface area contributed by atoms with E-state index in [1.807, 2.05) is 18.2 Å². The van der Waals surface area contributed by atoms with Gasteiger partial charge in [0.1, 0.15) is 24.2 Å². The number of aromatic nitrogens is 1. The van der Waals surface area contributed by atoms with E-state index in [2.05, 4.69) is 31.6 Å². The number of carboxylic acid groups (broad SMARTS) is 2. The van der Waals surface area contributed by atoms with Gasteiger partial charge in [-0.2, -0.15) is 0 Å². The van der Waals surface area contributed by atoms with Crippen LogP contribution in [0.3, 0.4) is 0 Å². The van der Waals surface area contributed by atoms with Gasteiger partial charge in [0.15, 0.2) is 0 Å². The van der Waals surface area contributed by atoms with Crippen LogP contribution in [-0.2, 0) is 40.0 Å². The number of benzene rings is 2. The van der Waals surface area contributed by atoms with Crippen LogP contribution in [0.5, 0.6) is 0 Å². The number of aromatic amines is 1. The summed E-state index contributed by atoms with van der Waals surface area (Å²) < 4.78 is 0. The number of hydrogen-bond donors (Lipinski definition) is 8. The molecule has 0 aliphatic carbocycles. The third kappa shape index (κ3) is 11.2. The van der Waals surface area contributed by atoms with E-state index in [9.17, 15) is 53.9 Å². The van der Waals surface area contributed by atoms with Crippen LogP contribution < -0.4 is 26.6 Å². The minimum absolute atomic E-state index is 0.0222. The first-order chi connectivity index (χ1) is 23.1. The quantitative estimate of drug-likeness (QED) is 0.0720. The zero-order chi connectivity index (χ0) is 36.2. The molecule has 4 atom stereocenters. The Kier molecular flexibility index (Phi) is 12.9. The number of H-pyrrole nitrogens is 1. The predicted octanol–water partition coefficient (Wildman–Crippen LogP) is 0.576. The summed E-state index contributed by atoms with van der Waals surface area (Å²) in [5.41, 5.74) is 1.31. The highest BCUT2D eigenvalue weighted by Crippen LogP contribution is 2.20. The van der Waals surface area contributed by atoms with Crippen molar-refractivity contribution in [3.63, 3.8) is 0 Å². The molecule has 0 aliphatic rings. The molecule has 0 unspecified atom stereocenters. The van der Waals surface area contributed by atoms with Crippen molar-refractivity contribution in [3.8, 4) is 0 Å². The van der Waals surface area contributed by atoms with E-state index in [0.29, 0.717) is 5.56 Å². The van der Waals surface area contributed by atoms with Crippen LogP contribution in [0.2, 0.25) is 0 Å². The van der Waals surface area contributed by atoms with Crippen molar-refractivity contribution in [2.75, 3.05) is 5.32 Å². The molecule has 0 fully saturated rings. The second kappa shape index (κ2) is 17.0. The Morgan fingerprint density at radius 2 is 1.43 bits per heavy atom. The maximum atomic E-state index is 13.4. The molecular weight excluding hydrogens is 646 g/mol. The number of carbonyl (C=O) groups is 7. The largest absolute Gasteiger partial charge is 0.481 e. The van der Waals surface area contributed by atoms with E-state index in [0.717, 1.165) is 23.0 Å². The number of hydrogen-bond acceptors (Lipinski definition) is 9. The Morgan fingerprint density at radius 1 is 0.796 bits per heavy atom. The Morgan fingerprint density at radius 3 is 2.04 bits per heavy atom. The first-order valence-electron chi connectivity index (χ1n) is 14.9. The van der Waals surface area contributed by atoms with Crippen molar-refractivity contribution in [3.05, 3.63) is 70.4 Å².